The summed E-state index contributed by atoms with van der Waals surface area (Å²) < 4.78 is 1.94. The van der Waals surface area contributed by atoms with Crippen LogP contribution in [0.15, 0.2) is 12.5 Å². The molecule has 0 radical (unpaired) electrons. The molecule has 1 aliphatic heterocycles. The summed E-state index contributed by atoms with van der Waals surface area (Å²) >= 11 is 1.75. The van der Waals surface area contributed by atoms with Gasteiger partial charge in [0, 0.05) is 24.5 Å². The highest BCUT2D eigenvalue weighted by Gasteiger charge is 2.25. The average Bonchev–Trinajstić information content (AvgIpc) is 3.20. The predicted molar refractivity (Wildman–Crippen MR) is 109 cm³/mol. The average molecular weight is 386 g/mol. The van der Waals surface area contributed by atoms with E-state index >= 15 is 0 Å². The Kier molecular flexibility index (Phi) is 4.63. The van der Waals surface area contributed by atoms with Crippen molar-refractivity contribution in [1.82, 2.24) is 25.0 Å². The van der Waals surface area contributed by atoms with E-state index in [2.05, 4.69) is 39.0 Å². The largest absolute Gasteiger partial charge is 0.356 e. The number of piperidine rings is 1. The molecular formula is C19H27N7S. The number of nitrogens with two attached hydrogens (primary N) is 1. The normalized spacial score (nSPS) is 18.4. The lowest BCUT2D eigenvalue weighted by Crippen LogP contribution is -2.37. The first-order chi connectivity index (χ1) is 12.8. The van der Waals surface area contributed by atoms with Crippen LogP contribution in [-0.4, -0.2) is 38.1 Å². The van der Waals surface area contributed by atoms with E-state index in [9.17, 15) is 0 Å². The van der Waals surface area contributed by atoms with Gasteiger partial charge in [-0.05, 0) is 52.0 Å². The zero-order chi connectivity index (χ0) is 19.2. The topological polar surface area (TPSA) is 85.8 Å². The monoisotopic (exact) mass is 385 g/mol. The number of anilines is 1. The Hall–Kier alpha value is -2.06. The second kappa shape index (κ2) is 6.83. The maximum Gasteiger partial charge on any atom is 0.141 e. The number of hydrogen-bond donors (Lipinski definition) is 1. The molecule has 1 aliphatic rings. The molecule has 8 heteroatoms. The molecule has 3 aromatic rings. The molecule has 0 bridgehead atoms. The number of thiophene rings is 1. The van der Waals surface area contributed by atoms with Gasteiger partial charge in [-0.3, -0.25) is 4.68 Å². The fraction of sp³-hybridized carbons (Fsp3) is 0.579. The molecule has 4 heterocycles. The van der Waals surface area contributed by atoms with E-state index in [0.29, 0.717) is 5.92 Å². The number of rotatable bonds is 4. The van der Waals surface area contributed by atoms with Crippen LogP contribution in [0.3, 0.4) is 0 Å². The third-order valence-electron chi connectivity index (χ3n) is 5.41. The van der Waals surface area contributed by atoms with Crippen LogP contribution in [0.1, 0.15) is 42.8 Å². The number of nitrogens with zero attached hydrogens (tertiary/aromatic N) is 6. The van der Waals surface area contributed by atoms with Gasteiger partial charge >= 0.3 is 0 Å². The predicted octanol–water partition coefficient (Wildman–Crippen LogP) is 3.01. The summed E-state index contributed by atoms with van der Waals surface area (Å²) in [5.74, 6) is 1.59. The van der Waals surface area contributed by atoms with Crippen molar-refractivity contribution in [3.8, 4) is 0 Å². The molecule has 1 atom stereocenters. The molecule has 2 N–H and O–H groups in total. The fourth-order valence-electron chi connectivity index (χ4n) is 3.76. The van der Waals surface area contributed by atoms with Crippen LogP contribution in [0, 0.1) is 19.8 Å². The molecule has 1 saturated heterocycles. The molecule has 0 amide bonds. The molecular weight excluding hydrogens is 358 g/mol. The first kappa shape index (κ1) is 18.3. The van der Waals surface area contributed by atoms with Gasteiger partial charge in [0.15, 0.2) is 0 Å². The lowest BCUT2D eigenvalue weighted by atomic mass is 9.97. The minimum atomic E-state index is -0.461. The van der Waals surface area contributed by atoms with Crippen LogP contribution in [0.25, 0.3) is 10.2 Å². The molecule has 1 fully saturated rings. The van der Waals surface area contributed by atoms with Crippen LogP contribution in [0.2, 0.25) is 0 Å². The molecule has 4 rings (SSSR count). The summed E-state index contributed by atoms with van der Waals surface area (Å²) in [6, 6.07) is 0. The summed E-state index contributed by atoms with van der Waals surface area (Å²) in [6.45, 7) is 11.1. The van der Waals surface area contributed by atoms with Crippen molar-refractivity contribution in [2.45, 2.75) is 52.6 Å². The van der Waals surface area contributed by atoms with E-state index in [-0.39, 0.29) is 0 Å². The van der Waals surface area contributed by atoms with Gasteiger partial charge in [-0.15, -0.1) is 16.4 Å². The number of aromatic nitrogens is 5. The van der Waals surface area contributed by atoms with Crippen molar-refractivity contribution >= 4 is 27.4 Å². The van der Waals surface area contributed by atoms with Gasteiger partial charge < -0.3 is 10.6 Å². The van der Waals surface area contributed by atoms with Crippen LogP contribution < -0.4 is 10.6 Å². The van der Waals surface area contributed by atoms with Gasteiger partial charge in [0.1, 0.15) is 22.7 Å². The minimum Gasteiger partial charge on any atom is -0.356 e. The molecule has 0 spiro atoms. The summed E-state index contributed by atoms with van der Waals surface area (Å²) in [7, 11) is 0. The van der Waals surface area contributed by atoms with Crippen molar-refractivity contribution in [2.24, 2.45) is 11.7 Å². The van der Waals surface area contributed by atoms with Gasteiger partial charge in [-0.25, -0.2) is 9.97 Å². The summed E-state index contributed by atoms with van der Waals surface area (Å²) in [6.07, 6.45) is 6.02. The van der Waals surface area contributed by atoms with E-state index < -0.39 is 5.54 Å². The van der Waals surface area contributed by atoms with Crippen molar-refractivity contribution in [3.05, 3.63) is 28.7 Å². The first-order valence-electron chi connectivity index (χ1n) is 9.48. The third-order valence-corrected chi connectivity index (χ3v) is 6.52. The molecule has 27 heavy (non-hydrogen) atoms. The number of fused-ring (bicyclic) bond motifs is 1. The standard InChI is InChI=1S/C19H27N7S/c1-12-13(2)27-18-16(12)17(21-11-22-18)25-7-5-6-14(8-25)9-26-10-15(23-24-26)19(3,4)20/h10-11,14H,5-9,20H2,1-4H3. The molecule has 144 valence electrons. The van der Waals surface area contributed by atoms with E-state index in [1.54, 1.807) is 17.7 Å². The van der Waals surface area contributed by atoms with E-state index in [1.807, 2.05) is 24.7 Å². The molecule has 0 saturated carbocycles. The second-order valence-electron chi connectivity index (χ2n) is 8.16. The minimum absolute atomic E-state index is 0.461. The molecule has 0 aromatic carbocycles. The maximum absolute atomic E-state index is 6.13. The Morgan fingerprint density at radius 2 is 2.11 bits per heavy atom. The van der Waals surface area contributed by atoms with Gasteiger partial charge in [0.05, 0.1) is 17.1 Å². The molecule has 3 aromatic heterocycles. The van der Waals surface area contributed by atoms with Crippen molar-refractivity contribution in [2.75, 3.05) is 18.0 Å². The Balaban J connectivity index is 1.54. The fourth-order valence-corrected chi connectivity index (χ4v) is 4.75. The highest BCUT2D eigenvalue weighted by atomic mass is 32.1. The van der Waals surface area contributed by atoms with E-state index in [1.165, 1.54) is 22.2 Å². The highest BCUT2D eigenvalue weighted by molar-refractivity contribution is 7.18. The highest BCUT2D eigenvalue weighted by Crippen LogP contribution is 2.35. The third kappa shape index (κ3) is 3.55. The lowest BCUT2D eigenvalue weighted by molar-refractivity contribution is 0.347. The van der Waals surface area contributed by atoms with Gasteiger partial charge in [0.2, 0.25) is 0 Å². The zero-order valence-electron chi connectivity index (χ0n) is 16.4. The quantitative estimate of drug-likeness (QED) is 0.743. The van der Waals surface area contributed by atoms with Crippen LogP contribution in [0.4, 0.5) is 5.82 Å². The summed E-state index contributed by atoms with van der Waals surface area (Å²) in [5, 5.41) is 9.74. The Morgan fingerprint density at radius 3 is 2.85 bits per heavy atom. The Morgan fingerprint density at radius 1 is 1.30 bits per heavy atom. The Bertz CT molecular complexity index is 953. The van der Waals surface area contributed by atoms with Gasteiger partial charge in [-0.2, -0.15) is 0 Å². The van der Waals surface area contributed by atoms with Crippen LogP contribution >= 0.6 is 11.3 Å². The maximum atomic E-state index is 6.13. The van der Waals surface area contributed by atoms with Crippen LogP contribution in [-0.2, 0) is 12.1 Å². The SMILES string of the molecule is Cc1sc2ncnc(N3CCCC(Cn4cc(C(C)(C)N)nn4)C3)c2c1C. The summed E-state index contributed by atoms with van der Waals surface area (Å²) in [5.41, 5.74) is 7.81. The smallest absolute Gasteiger partial charge is 0.141 e. The van der Waals surface area contributed by atoms with Crippen LogP contribution in [0.5, 0.6) is 0 Å². The first-order valence-corrected chi connectivity index (χ1v) is 10.3. The lowest BCUT2D eigenvalue weighted by Gasteiger charge is -2.33. The van der Waals surface area contributed by atoms with Crippen molar-refractivity contribution in [1.29, 1.82) is 0 Å². The second-order valence-corrected chi connectivity index (χ2v) is 9.37. The van der Waals surface area contributed by atoms with Crippen molar-refractivity contribution < 1.29 is 0 Å². The van der Waals surface area contributed by atoms with Gasteiger partial charge in [0.25, 0.3) is 0 Å². The van der Waals surface area contributed by atoms with E-state index in [0.717, 1.165) is 42.4 Å². The summed E-state index contributed by atoms with van der Waals surface area (Å²) in [4.78, 5) is 14.0. The van der Waals surface area contributed by atoms with Crippen molar-refractivity contribution in [3.63, 3.8) is 0 Å². The molecule has 7 nitrogen and oxygen atoms in total. The van der Waals surface area contributed by atoms with E-state index in [4.69, 9.17) is 5.73 Å². The van der Waals surface area contributed by atoms with Gasteiger partial charge in [-0.1, -0.05) is 5.21 Å². The molecule has 1 unspecified atom stereocenters. The Labute approximate surface area is 163 Å². The molecule has 0 aliphatic carbocycles. The zero-order valence-corrected chi connectivity index (χ0v) is 17.3. The number of aryl methyl sites for hydroxylation is 2. The number of hydrogen-bond acceptors (Lipinski definition) is 7.